The third kappa shape index (κ3) is 2.67. The number of nitro benzene ring substituents is 1. The number of hydrogen-bond acceptors (Lipinski definition) is 4. The topological polar surface area (TPSA) is 120 Å². The van der Waals surface area contributed by atoms with E-state index in [1.807, 2.05) is 0 Å². The van der Waals surface area contributed by atoms with Gasteiger partial charge in [-0.15, -0.1) is 0 Å². The molecule has 0 aromatic heterocycles. The number of hydrazine groups is 1. The summed E-state index contributed by atoms with van der Waals surface area (Å²) in [6, 6.07) is 4.82. The van der Waals surface area contributed by atoms with Crippen LogP contribution in [0.3, 0.4) is 0 Å². The number of nitrogens with two attached hydrogens (primary N) is 2. The molecule has 0 radical (unpaired) electrons. The van der Waals surface area contributed by atoms with Crippen LogP contribution in [0, 0.1) is 17.0 Å². The fraction of sp³-hybridized carbons (Fsp3) is 0.222. The molecule has 0 amide bonds. The van der Waals surface area contributed by atoms with Gasteiger partial charge in [-0.05, 0) is 12.5 Å². The standard InChI is InChI=1S/C9H13N5O2/c1-6-7(5-12-9(10)13-11)3-2-4-8(6)14(15)16/h2-4H,5,11H2,1H3,(H3,10,12,13). The molecule has 0 saturated heterocycles. The van der Waals surface area contributed by atoms with Gasteiger partial charge in [-0.2, -0.15) is 0 Å². The second-order valence-corrected chi connectivity index (χ2v) is 3.16. The lowest BCUT2D eigenvalue weighted by Crippen LogP contribution is -2.37. The molecule has 0 heterocycles. The van der Waals surface area contributed by atoms with Gasteiger partial charge in [0, 0.05) is 11.6 Å². The highest BCUT2D eigenvalue weighted by molar-refractivity contribution is 5.77. The maximum atomic E-state index is 10.7. The molecular weight excluding hydrogens is 210 g/mol. The summed E-state index contributed by atoms with van der Waals surface area (Å²) in [5.74, 6) is 5.13. The number of guanidine groups is 1. The number of rotatable bonds is 3. The first-order valence-electron chi connectivity index (χ1n) is 4.55. The summed E-state index contributed by atoms with van der Waals surface area (Å²) >= 11 is 0. The van der Waals surface area contributed by atoms with Gasteiger partial charge in [0.05, 0.1) is 11.5 Å². The molecule has 16 heavy (non-hydrogen) atoms. The van der Waals surface area contributed by atoms with Crippen molar-refractivity contribution >= 4 is 11.6 Å². The fourth-order valence-corrected chi connectivity index (χ4v) is 1.25. The Bertz CT molecular complexity index is 430. The molecule has 1 aromatic rings. The van der Waals surface area contributed by atoms with E-state index in [4.69, 9.17) is 11.6 Å². The first-order chi connectivity index (χ1) is 7.56. The van der Waals surface area contributed by atoms with E-state index in [-0.39, 0.29) is 18.2 Å². The van der Waals surface area contributed by atoms with Crippen LogP contribution in [-0.2, 0) is 6.54 Å². The number of nitro groups is 1. The molecule has 5 N–H and O–H groups in total. The first-order valence-corrected chi connectivity index (χ1v) is 4.55. The van der Waals surface area contributed by atoms with Gasteiger partial charge in [0.15, 0.2) is 0 Å². The lowest BCUT2D eigenvalue weighted by Gasteiger charge is -2.04. The molecular formula is C9H13N5O2. The Kier molecular flexibility index (Phi) is 3.78. The molecule has 0 aliphatic carbocycles. The molecule has 0 atom stereocenters. The van der Waals surface area contributed by atoms with Gasteiger partial charge in [-0.3, -0.25) is 15.5 Å². The van der Waals surface area contributed by atoms with Gasteiger partial charge < -0.3 is 5.73 Å². The van der Waals surface area contributed by atoms with Crippen LogP contribution in [0.2, 0.25) is 0 Å². The van der Waals surface area contributed by atoms with Gasteiger partial charge in [0.2, 0.25) is 5.96 Å². The van der Waals surface area contributed by atoms with Gasteiger partial charge in [-0.25, -0.2) is 10.8 Å². The molecule has 1 aromatic carbocycles. The van der Waals surface area contributed by atoms with Crippen LogP contribution < -0.4 is 17.0 Å². The van der Waals surface area contributed by atoms with E-state index in [1.54, 1.807) is 19.1 Å². The van der Waals surface area contributed by atoms with Crippen molar-refractivity contribution in [3.63, 3.8) is 0 Å². The zero-order valence-corrected chi connectivity index (χ0v) is 8.80. The third-order valence-corrected chi connectivity index (χ3v) is 2.18. The first kappa shape index (κ1) is 11.9. The van der Waals surface area contributed by atoms with E-state index in [1.165, 1.54) is 6.07 Å². The van der Waals surface area contributed by atoms with E-state index >= 15 is 0 Å². The summed E-state index contributed by atoms with van der Waals surface area (Å²) in [6.07, 6.45) is 0. The van der Waals surface area contributed by atoms with Gasteiger partial charge in [0.1, 0.15) is 0 Å². The van der Waals surface area contributed by atoms with Crippen molar-refractivity contribution < 1.29 is 4.92 Å². The molecule has 1 rings (SSSR count). The average molecular weight is 223 g/mol. The molecule has 0 fully saturated rings. The highest BCUT2D eigenvalue weighted by Crippen LogP contribution is 2.21. The van der Waals surface area contributed by atoms with E-state index in [2.05, 4.69) is 10.4 Å². The van der Waals surface area contributed by atoms with E-state index in [0.717, 1.165) is 5.56 Å². The fourth-order valence-electron chi connectivity index (χ4n) is 1.25. The lowest BCUT2D eigenvalue weighted by atomic mass is 10.1. The van der Waals surface area contributed by atoms with Crippen molar-refractivity contribution in [1.29, 1.82) is 0 Å². The average Bonchev–Trinajstić information content (AvgIpc) is 2.26. The van der Waals surface area contributed by atoms with Crippen molar-refractivity contribution in [1.82, 2.24) is 5.43 Å². The van der Waals surface area contributed by atoms with Crippen LogP contribution in [0.25, 0.3) is 0 Å². The lowest BCUT2D eigenvalue weighted by molar-refractivity contribution is -0.385. The molecule has 7 heteroatoms. The second-order valence-electron chi connectivity index (χ2n) is 3.16. The predicted molar refractivity (Wildman–Crippen MR) is 60.5 cm³/mol. The van der Waals surface area contributed by atoms with Crippen molar-refractivity contribution in [2.24, 2.45) is 16.6 Å². The van der Waals surface area contributed by atoms with Crippen molar-refractivity contribution in [3.8, 4) is 0 Å². The molecule has 0 aliphatic rings. The van der Waals surface area contributed by atoms with Crippen LogP contribution >= 0.6 is 0 Å². The Labute approximate surface area is 92.3 Å². The van der Waals surface area contributed by atoms with Crippen LogP contribution in [0.1, 0.15) is 11.1 Å². The van der Waals surface area contributed by atoms with Crippen molar-refractivity contribution in [3.05, 3.63) is 39.4 Å². The van der Waals surface area contributed by atoms with Gasteiger partial charge in [0.25, 0.3) is 5.69 Å². The minimum Gasteiger partial charge on any atom is -0.369 e. The highest BCUT2D eigenvalue weighted by atomic mass is 16.6. The molecule has 0 bridgehead atoms. The number of nitrogens with one attached hydrogen (secondary N) is 1. The SMILES string of the molecule is Cc1c(CN=C(N)NN)cccc1[N+](=O)[O-]. The molecule has 7 nitrogen and oxygen atoms in total. The minimum atomic E-state index is -0.424. The zero-order chi connectivity index (χ0) is 12.1. The number of hydrogen-bond donors (Lipinski definition) is 3. The van der Waals surface area contributed by atoms with Gasteiger partial charge in [-0.1, -0.05) is 12.1 Å². The molecule has 0 unspecified atom stereocenters. The van der Waals surface area contributed by atoms with Crippen LogP contribution in [0.15, 0.2) is 23.2 Å². The summed E-state index contributed by atoms with van der Waals surface area (Å²) in [7, 11) is 0. The molecule has 0 spiro atoms. The summed E-state index contributed by atoms with van der Waals surface area (Å²) in [4.78, 5) is 14.2. The zero-order valence-electron chi connectivity index (χ0n) is 8.80. The molecule has 86 valence electrons. The van der Waals surface area contributed by atoms with Crippen molar-refractivity contribution in [2.45, 2.75) is 13.5 Å². The number of benzene rings is 1. The maximum absolute atomic E-state index is 10.7. The Morgan fingerprint density at radius 3 is 2.88 bits per heavy atom. The second kappa shape index (κ2) is 5.08. The number of aliphatic imine (C=N–C) groups is 1. The van der Waals surface area contributed by atoms with Crippen molar-refractivity contribution in [2.75, 3.05) is 0 Å². The number of nitrogens with zero attached hydrogens (tertiary/aromatic N) is 2. The van der Waals surface area contributed by atoms with Gasteiger partial charge >= 0.3 is 0 Å². The summed E-state index contributed by atoms with van der Waals surface area (Å²) < 4.78 is 0. The smallest absolute Gasteiger partial charge is 0.272 e. The minimum absolute atomic E-state index is 0.0759. The molecule has 0 saturated carbocycles. The Morgan fingerprint density at radius 1 is 1.62 bits per heavy atom. The summed E-state index contributed by atoms with van der Waals surface area (Å²) in [5, 5.41) is 10.7. The Hall–Kier alpha value is -2.15. The maximum Gasteiger partial charge on any atom is 0.272 e. The Morgan fingerprint density at radius 2 is 2.31 bits per heavy atom. The normalized spacial score (nSPS) is 11.2. The van der Waals surface area contributed by atoms with E-state index in [0.29, 0.717) is 5.56 Å². The highest BCUT2D eigenvalue weighted by Gasteiger charge is 2.12. The predicted octanol–water partition coefficient (Wildman–Crippen LogP) is 0.181. The van der Waals surface area contributed by atoms with Crippen LogP contribution in [-0.4, -0.2) is 10.9 Å². The van der Waals surface area contributed by atoms with Crippen LogP contribution in [0.5, 0.6) is 0 Å². The monoisotopic (exact) mass is 223 g/mol. The third-order valence-electron chi connectivity index (χ3n) is 2.18. The quantitative estimate of drug-likeness (QED) is 0.222. The summed E-state index contributed by atoms with van der Waals surface area (Å²) in [5.41, 5.74) is 8.94. The van der Waals surface area contributed by atoms with E-state index < -0.39 is 4.92 Å². The van der Waals surface area contributed by atoms with Crippen LogP contribution in [0.4, 0.5) is 5.69 Å². The largest absolute Gasteiger partial charge is 0.369 e. The Balaban J connectivity index is 2.98. The summed E-state index contributed by atoms with van der Waals surface area (Å²) in [6.45, 7) is 1.93. The van der Waals surface area contributed by atoms with E-state index in [9.17, 15) is 10.1 Å². The molecule has 0 aliphatic heterocycles.